The van der Waals surface area contributed by atoms with Crippen LogP contribution in [0.3, 0.4) is 0 Å². The van der Waals surface area contributed by atoms with Gasteiger partial charge in [-0.15, -0.1) is 0 Å². The van der Waals surface area contributed by atoms with Crippen LogP contribution in [-0.4, -0.2) is 15.9 Å². The smallest absolute Gasteiger partial charge is 0.543 e. The summed E-state index contributed by atoms with van der Waals surface area (Å²) in [5, 5.41) is 11.2. The second-order valence-corrected chi connectivity index (χ2v) is 2.97. The second-order valence-electron chi connectivity index (χ2n) is 2.97. The van der Waals surface area contributed by atoms with E-state index in [4.69, 9.17) is 0 Å². The van der Waals surface area contributed by atoms with Crippen LogP contribution in [0.4, 0.5) is 0 Å². The van der Waals surface area contributed by atoms with Crippen molar-refractivity contribution in [1.29, 1.82) is 0 Å². The summed E-state index contributed by atoms with van der Waals surface area (Å²) >= 11 is 0. The van der Waals surface area contributed by atoms with Crippen LogP contribution in [0.2, 0.25) is 0 Å². The van der Waals surface area contributed by atoms with E-state index in [1.165, 1.54) is 6.20 Å². The maximum atomic E-state index is 10.7. The number of rotatable bonds is 1. The van der Waals surface area contributed by atoms with Crippen molar-refractivity contribution in [3.8, 4) is 0 Å². The molecule has 0 spiro atoms. The van der Waals surface area contributed by atoms with Crippen LogP contribution >= 0.6 is 0 Å². The Morgan fingerprint density at radius 3 is 2.73 bits per heavy atom. The third kappa shape index (κ3) is 2.62. The fourth-order valence-corrected chi connectivity index (χ4v) is 1.32. The van der Waals surface area contributed by atoms with Crippen molar-refractivity contribution in [3.05, 3.63) is 35.8 Å². The summed E-state index contributed by atoms with van der Waals surface area (Å²) in [5.41, 5.74) is 1.40. The van der Waals surface area contributed by atoms with Gasteiger partial charge in [-0.3, -0.25) is 9.97 Å². The summed E-state index contributed by atoms with van der Waals surface area (Å²) < 4.78 is 0. The molecular formula is C10H7KN2O2. The Bertz CT molecular complexity index is 514. The SMILES string of the molecule is Cc1ccc2c(C(=O)[O-])nccc2n1.[K+]. The minimum absolute atomic E-state index is 0. The molecule has 0 N–H and O–H groups in total. The van der Waals surface area contributed by atoms with Crippen LogP contribution in [0, 0.1) is 6.92 Å². The van der Waals surface area contributed by atoms with E-state index in [0.29, 0.717) is 10.9 Å². The zero-order chi connectivity index (χ0) is 10.1. The van der Waals surface area contributed by atoms with E-state index in [-0.39, 0.29) is 57.1 Å². The fraction of sp³-hybridized carbons (Fsp3) is 0.100. The molecular weight excluding hydrogens is 219 g/mol. The first-order valence-electron chi connectivity index (χ1n) is 4.12. The maximum absolute atomic E-state index is 10.7. The fourth-order valence-electron chi connectivity index (χ4n) is 1.32. The Morgan fingerprint density at radius 1 is 1.33 bits per heavy atom. The molecule has 0 atom stereocenters. The first-order valence-corrected chi connectivity index (χ1v) is 4.12. The number of carboxylic acid groups (broad SMARTS) is 1. The van der Waals surface area contributed by atoms with Crippen molar-refractivity contribution in [2.75, 3.05) is 0 Å². The topological polar surface area (TPSA) is 65.9 Å². The van der Waals surface area contributed by atoms with Gasteiger partial charge in [-0.05, 0) is 25.1 Å². The summed E-state index contributed by atoms with van der Waals surface area (Å²) in [6.45, 7) is 1.85. The van der Waals surface area contributed by atoms with Crippen LogP contribution in [0.1, 0.15) is 16.2 Å². The second kappa shape index (κ2) is 5.13. The zero-order valence-corrected chi connectivity index (χ0v) is 11.6. The third-order valence-electron chi connectivity index (χ3n) is 1.95. The van der Waals surface area contributed by atoms with Gasteiger partial charge in [0, 0.05) is 17.3 Å². The number of carbonyl (C=O) groups is 1. The first kappa shape index (κ1) is 12.7. The minimum Gasteiger partial charge on any atom is -0.543 e. The van der Waals surface area contributed by atoms with Crippen molar-refractivity contribution < 1.29 is 61.3 Å². The van der Waals surface area contributed by atoms with E-state index in [1.807, 2.05) is 6.92 Å². The maximum Gasteiger partial charge on any atom is 1.00 e. The molecule has 0 saturated carbocycles. The van der Waals surface area contributed by atoms with Crippen molar-refractivity contribution in [2.45, 2.75) is 6.92 Å². The van der Waals surface area contributed by atoms with Gasteiger partial charge in [-0.25, -0.2) is 0 Å². The number of aromatic carboxylic acids is 1. The summed E-state index contributed by atoms with van der Waals surface area (Å²) in [4.78, 5) is 18.6. The molecule has 0 aliphatic rings. The summed E-state index contributed by atoms with van der Waals surface area (Å²) in [6, 6.07) is 5.11. The molecule has 0 unspecified atom stereocenters. The molecule has 2 rings (SSSR count). The monoisotopic (exact) mass is 226 g/mol. The molecule has 0 amide bonds. The van der Waals surface area contributed by atoms with E-state index < -0.39 is 5.97 Å². The van der Waals surface area contributed by atoms with Crippen molar-refractivity contribution in [3.63, 3.8) is 0 Å². The molecule has 0 bridgehead atoms. The van der Waals surface area contributed by atoms with Crippen LogP contribution < -0.4 is 56.5 Å². The predicted molar refractivity (Wildman–Crippen MR) is 48.6 cm³/mol. The molecule has 2 heterocycles. The molecule has 0 aliphatic carbocycles. The Kier molecular flexibility index (Phi) is 4.36. The van der Waals surface area contributed by atoms with Crippen molar-refractivity contribution >= 4 is 16.9 Å². The van der Waals surface area contributed by atoms with E-state index >= 15 is 0 Å². The normalized spacial score (nSPS) is 9.67. The Labute approximate surface area is 129 Å². The summed E-state index contributed by atoms with van der Waals surface area (Å²) in [6.07, 6.45) is 1.42. The predicted octanol–water partition coefficient (Wildman–Crippen LogP) is -2.69. The van der Waals surface area contributed by atoms with E-state index in [9.17, 15) is 9.90 Å². The number of fused-ring (bicyclic) bond motifs is 1. The molecule has 0 radical (unpaired) electrons. The number of carbonyl (C=O) groups excluding carboxylic acids is 1. The number of aryl methyl sites for hydroxylation is 1. The average Bonchev–Trinajstić information content (AvgIpc) is 2.16. The Hall–Kier alpha value is -0.334. The van der Waals surface area contributed by atoms with Gasteiger partial charge >= 0.3 is 51.4 Å². The molecule has 0 fully saturated rings. The Balaban J connectivity index is 0.00000112. The molecule has 70 valence electrons. The zero-order valence-electron chi connectivity index (χ0n) is 8.52. The van der Waals surface area contributed by atoms with Gasteiger partial charge in [0.05, 0.1) is 17.2 Å². The van der Waals surface area contributed by atoms with E-state index in [2.05, 4.69) is 9.97 Å². The minimum atomic E-state index is -1.28. The quantitative estimate of drug-likeness (QED) is 0.497. The largest absolute Gasteiger partial charge is 1.00 e. The van der Waals surface area contributed by atoms with Gasteiger partial charge in [-0.2, -0.15) is 0 Å². The number of nitrogens with zero attached hydrogens (tertiary/aromatic N) is 2. The summed E-state index contributed by atoms with van der Waals surface area (Å²) in [5.74, 6) is -1.28. The van der Waals surface area contributed by atoms with Gasteiger partial charge in [0.1, 0.15) is 0 Å². The number of hydrogen-bond acceptors (Lipinski definition) is 4. The van der Waals surface area contributed by atoms with E-state index in [1.54, 1.807) is 18.2 Å². The van der Waals surface area contributed by atoms with Crippen LogP contribution in [0.5, 0.6) is 0 Å². The van der Waals surface area contributed by atoms with Crippen LogP contribution in [0.15, 0.2) is 24.4 Å². The van der Waals surface area contributed by atoms with Gasteiger partial charge in [0.2, 0.25) is 0 Å². The van der Waals surface area contributed by atoms with Crippen LogP contribution in [-0.2, 0) is 0 Å². The molecule has 5 heteroatoms. The molecule has 0 aliphatic heterocycles. The molecule has 2 aromatic heterocycles. The standard InChI is InChI=1S/C10H8N2O2.K/c1-6-2-3-7-8(12-6)4-5-11-9(7)10(13)14;/h2-5H,1H3,(H,13,14);/q;+1/p-1. The number of pyridine rings is 2. The van der Waals surface area contributed by atoms with Crippen molar-refractivity contribution in [1.82, 2.24) is 9.97 Å². The number of aromatic nitrogens is 2. The summed E-state index contributed by atoms with van der Waals surface area (Å²) in [7, 11) is 0. The van der Waals surface area contributed by atoms with Gasteiger partial charge in [-0.1, -0.05) is 0 Å². The van der Waals surface area contributed by atoms with Gasteiger partial charge < -0.3 is 9.90 Å². The number of hydrogen-bond donors (Lipinski definition) is 0. The molecule has 0 saturated heterocycles. The van der Waals surface area contributed by atoms with Gasteiger partial charge in [0.25, 0.3) is 0 Å². The van der Waals surface area contributed by atoms with Gasteiger partial charge in [0.15, 0.2) is 0 Å². The molecule has 0 aromatic carbocycles. The van der Waals surface area contributed by atoms with Crippen LogP contribution in [0.25, 0.3) is 10.9 Å². The Morgan fingerprint density at radius 2 is 2.07 bits per heavy atom. The van der Waals surface area contributed by atoms with Crippen molar-refractivity contribution in [2.24, 2.45) is 0 Å². The first-order chi connectivity index (χ1) is 6.68. The van der Waals surface area contributed by atoms with E-state index in [0.717, 1.165) is 5.69 Å². The molecule has 15 heavy (non-hydrogen) atoms. The molecule has 4 nitrogen and oxygen atoms in total. The average molecular weight is 226 g/mol. The third-order valence-corrected chi connectivity index (χ3v) is 1.95. The molecule has 2 aromatic rings. The number of carboxylic acids is 1.